The smallest absolute Gasteiger partial charge is 0.162 e. The average Bonchev–Trinajstić information content (AvgIpc) is 2.29. The second-order valence-electron chi connectivity index (χ2n) is 3.07. The van der Waals surface area contributed by atoms with Gasteiger partial charge in [-0.25, -0.2) is 9.97 Å². The summed E-state index contributed by atoms with van der Waals surface area (Å²) in [4.78, 5) is 8.35. The molecule has 7 heteroatoms. The van der Waals surface area contributed by atoms with Crippen molar-refractivity contribution in [1.29, 1.82) is 0 Å². The Hall–Kier alpha value is 0.380. The minimum Gasteiger partial charge on any atom is -0.215 e. The molecule has 0 saturated carbocycles. The summed E-state index contributed by atoms with van der Waals surface area (Å²) in [5, 5.41) is 1.30. The summed E-state index contributed by atoms with van der Waals surface area (Å²) in [6, 6.07) is 5.38. The number of nitrogens with zero attached hydrogens (tertiary/aromatic N) is 2. The number of aromatic nitrogens is 2. The Balaban J connectivity index is 2.57. The van der Waals surface area contributed by atoms with E-state index in [0.717, 1.165) is 10.0 Å². The molecule has 0 spiro atoms. The van der Waals surface area contributed by atoms with Gasteiger partial charge in [0.2, 0.25) is 0 Å². The lowest BCUT2D eigenvalue weighted by atomic mass is 10.2. The Morgan fingerprint density at radius 1 is 1.06 bits per heavy atom. The second kappa shape index (κ2) is 5.57. The lowest BCUT2D eigenvalue weighted by Crippen LogP contribution is -1.93. The third-order valence-electron chi connectivity index (χ3n) is 1.95. The highest BCUT2D eigenvalue weighted by molar-refractivity contribution is 14.1. The molecule has 1 heterocycles. The molecule has 0 saturated heterocycles. The summed E-state index contributed by atoms with van der Waals surface area (Å²) < 4.78 is 1.41. The van der Waals surface area contributed by atoms with Crippen LogP contribution in [0.1, 0.15) is 0 Å². The Labute approximate surface area is 135 Å². The molecule has 0 fully saturated rings. The van der Waals surface area contributed by atoms with Crippen LogP contribution in [0.25, 0.3) is 11.4 Å². The number of hydrogen-bond acceptors (Lipinski definition) is 2. The molecule has 17 heavy (non-hydrogen) atoms. The van der Waals surface area contributed by atoms with E-state index in [4.69, 9.17) is 34.8 Å². The molecule has 88 valence electrons. The summed E-state index contributed by atoms with van der Waals surface area (Å²) in [5.41, 5.74) is 0.793. The predicted octanol–water partition coefficient (Wildman–Crippen LogP) is 5.47. The van der Waals surface area contributed by atoms with E-state index in [9.17, 15) is 0 Å². The van der Waals surface area contributed by atoms with Crippen LogP contribution in [0, 0.1) is 3.57 Å². The molecule has 2 nitrogen and oxygen atoms in total. The molecule has 0 bridgehead atoms. The highest BCUT2D eigenvalue weighted by Gasteiger charge is 2.11. The zero-order chi connectivity index (χ0) is 12.6. The highest BCUT2D eigenvalue weighted by Crippen LogP contribution is 2.30. The summed E-state index contributed by atoms with van der Waals surface area (Å²) in [5.74, 6) is 0.470. The van der Waals surface area contributed by atoms with Crippen LogP contribution >= 0.6 is 73.3 Å². The first kappa shape index (κ1) is 13.8. The van der Waals surface area contributed by atoms with Crippen LogP contribution in [0.2, 0.25) is 15.3 Å². The van der Waals surface area contributed by atoms with E-state index in [0.29, 0.717) is 24.7 Å². The first-order chi connectivity index (χ1) is 7.99. The maximum Gasteiger partial charge on any atom is 0.162 e. The van der Waals surface area contributed by atoms with Crippen molar-refractivity contribution in [2.45, 2.75) is 0 Å². The number of hydrogen-bond donors (Lipinski definition) is 0. The van der Waals surface area contributed by atoms with Crippen molar-refractivity contribution >= 4 is 73.3 Å². The maximum atomic E-state index is 5.96. The van der Waals surface area contributed by atoms with Crippen LogP contribution in [0.5, 0.6) is 0 Å². The summed E-state index contributed by atoms with van der Waals surface area (Å²) in [6.45, 7) is 0. The molecule has 2 rings (SSSR count). The molecule has 0 aliphatic carbocycles. The Kier molecular flexibility index (Phi) is 4.52. The summed E-state index contributed by atoms with van der Waals surface area (Å²) in [7, 11) is 0. The molecular weight excluding hydrogens is 461 g/mol. The van der Waals surface area contributed by atoms with Gasteiger partial charge in [-0.1, -0.05) is 34.8 Å². The van der Waals surface area contributed by atoms with Crippen LogP contribution < -0.4 is 0 Å². The molecular formula is C10H3BrCl3IN2. The van der Waals surface area contributed by atoms with Gasteiger partial charge in [0.25, 0.3) is 0 Å². The molecule has 0 unspecified atom stereocenters. The van der Waals surface area contributed by atoms with E-state index in [1.807, 2.05) is 34.7 Å². The normalized spacial score (nSPS) is 10.6. The Morgan fingerprint density at radius 3 is 2.18 bits per heavy atom. The van der Waals surface area contributed by atoms with Gasteiger partial charge in [-0.05, 0) is 56.7 Å². The highest BCUT2D eigenvalue weighted by atomic mass is 127. The number of benzene rings is 1. The molecule has 1 aromatic heterocycles. The van der Waals surface area contributed by atoms with Crippen molar-refractivity contribution < 1.29 is 0 Å². The lowest BCUT2D eigenvalue weighted by molar-refractivity contribution is 1.16. The van der Waals surface area contributed by atoms with Gasteiger partial charge >= 0.3 is 0 Å². The molecule has 0 amide bonds. The standard InChI is InChI=1S/C10H3BrCl3IN2/c11-5-3-4(1-2-6(5)12)10-16-8(13)7(15)9(14)17-10/h1-3H. The zero-order valence-corrected chi connectivity index (χ0v) is 14.0. The van der Waals surface area contributed by atoms with Gasteiger partial charge < -0.3 is 0 Å². The molecule has 1 aromatic carbocycles. The average molecular weight is 464 g/mol. The predicted molar refractivity (Wildman–Crippen MR) is 82.9 cm³/mol. The Morgan fingerprint density at radius 2 is 1.65 bits per heavy atom. The van der Waals surface area contributed by atoms with Crippen LogP contribution in [0.3, 0.4) is 0 Å². The summed E-state index contributed by atoms with van der Waals surface area (Å²) >= 11 is 23.2. The molecule has 0 aliphatic heterocycles. The van der Waals surface area contributed by atoms with Crippen LogP contribution in [0.4, 0.5) is 0 Å². The minimum atomic E-state index is 0.340. The van der Waals surface area contributed by atoms with Crippen molar-refractivity contribution in [3.63, 3.8) is 0 Å². The lowest BCUT2D eigenvalue weighted by Gasteiger charge is -2.05. The van der Waals surface area contributed by atoms with E-state index in [2.05, 4.69) is 25.9 Å². The van der Waals surface area contributed by atoms with Crippen molar-refractivity contribution in [1.82, 2.24) is 9.97 Å². The fraction of sp³-hybridized carbons (Fsp3) is 0. The van der Waals surface area contributed by atoms with E-state index < -0.39 is 0 Å². The van der Waals surface area contributed by atoms with Crippen LogP contribution in [-0.4, -0.2) is 9.97 Å². The minimum absolute atomic E-state index is 0.340. The topological polar surface area (TPSA) is 25.8 Å². The van der Waals surface area contributed by atoms with Crippen molar-refractivity contribution in [3.05, 3.63) is 41.6 Å². The van der Waals surface area contributed by atoms with Gasteiger partial charge in [0.05, 0.1) is 8.59 Å². The quantitative estimate of drug-likeness (QED) is 0.413. The van der Waals surface area contributed by atoms with Crippen LogP contribution in [-0.2, 0) is 0 Å². The molecule has 0 N–H and O–H groups in total. The third-order valence-corrected chi connectivity index (χ3v) is 5.37. The van der Waals surface area contributed by atoms with Crippen LogP contribution in [0.15, 0.2) is 22.7 Å². The van der Waals surface area contributed by atoms with Gasteiger partial charge in [0, 0.05) is 10.0 Å². The first-order valence-corrected chi connectivity index (χ1v) is 7.33. The Bertz CT molecular complexity index is 569. The number of rotatable bonds is 1. The largest absolute Gasteiger partial charge is 0.215 e. The molecule has 0 aliphatic rings. The third kappa shape index (κ3) is 3.04. The van der Waals surface area contributed by atoms with Crippen molar-refractivity contribution in [2.75, 3.05) is 0 Å². The monoisotopic (exact) mass is 462 g/mol. The van der Waals surface area contributed by atoms with Crippen molar-refractivity contribution in [2.24, 2.45) is 0 Å². The fourth-order valence-electron chi connectivity index (χ4n) is 1.16. The number of halogens is 5. The van der Waals surface area contributed by atoms with Gasteiger partial charge in [-0.2, -0.15) is 0 Å². The van der Waals surface area contributed by atoms with Gasteiger partial charge in [-0.15, -0.1) is 0 Å². The van der Waals surface area contributed by atoms with E-state index in [1.54, 1.807) is 6.07 Å². The summed E-state index contributed by atoms with van der Waals surface area (Å²) in [6.07, 6.45) is 0. The van der Waals surface area contributed by atoms with E-state index >= 15 is 0 Å². The first-order valence-electron chi connectivity index (χ1n) is 4.33. The van der Waals surface area contributed by atoms with Crippen molar-refractivity contribution in [3.8, 4) is 11.4 Å². The van der Waals surface area contributed by atoms with Gasteiger partial charge in [-0.3, -0.25) is 0 Å². The fourth-order valence-corrected chi connectivity index (χ4v) is 2.28. The molecule has 2 aromatic rings. The second-order valence-corrected chi connectivity index (χ2v) is 6.13. The SMILES string of the molecule is Clc1ccc(-c2nc(Cl)c(I)c(Cl)n2)cc1Br. The molecule has 0 radical (unpaired) electrons. The molecule has 0 atom stereocenters. The van der Waals surface area contributed by atoms with E-state index in [1.165, 1.54) is 0 Å². The van der Waals surface area contributed by atoms with E-state index in [-0.39, 0.29) is 0 Å². The van der Waals surface area contributed by atoms with Gasteiger partial charge in [0.1, 0.15) is 10.3 Å². The zero-order valence-electron chi connectivity index (χ0n) is 8.02. The van der Waals surface area contributed by atoms with Gasteiger partial charge in [0.15, 0.2) is 5.82 Å². The maximum absolute atomic E-state index is 5.96.